The Balaban J connectivity index is 1.42. The van der Waals surface area contributed by atoms with Crippen molar-refractivity contribution in [2.24, 2.45) is 0 Å². The van der Waals surface area contributed by atoms with Crippen molar-refractivity contribution in [3.8, 4) is 5.75 Å². The second kappa shape index (κ2) is 6.44. The molecule has 7 nitrogen and oxygen atoms in total. The van der Waals surface area contributed by atoms with Crippen molar-refractivity contribution in [2.45, 2.75) is 13.0 Å². The van der Waals surface area contributed by atoms with Crippen molar-refractivity contribution in [1.82, 2.24) is 5.32 Å². The number of furan rings is 1. The number of carbonyl (C=O) groups excluding carboxylic acids is 2. The van der Waals surface area contributed by atoms with Crippen molar-refractivity contribution in [2.75, 3.05) is 17.2 Å². The number of carbonyl (C=O) groups is 2. The van der Waals surface area contributed by atoms with Crippen molar-refractivity contribution in [3.05, 3.63) is 54.3 Å². The summed E-state index contributed by atoms with van der Waals surface area (Å²) in [5, 5.41) is 9.28. The normalized spacial score (nSPS) is 14.1. The van der Waals surface area contributed by atoms with E-state index < -0.39 is 0 Å². The Labute approximate surface area is 149 Å². The summed E-state index contributed by atoms with van der Waals surface area (Å²) < 4.78 is 11.1. The van der Waals surface area contributed by atoms with Gasteiger partial charge in [-0.3, -0.25) is 4.79 Å². The molecular weight excluding hydrogens is 334 g/mol. The minimum Gasteiger partial charge on any atom is -0.482 e. The molecule has 3 aromatic rings. The molecule has 0 saturated heterocycles. The summed E-state index contributed by atoms with van der Waals surface area (Å²) in [6.45, 7) is 1.81. The number of rotatable bonds is 3. The quantitative estimate of drug-likeness (QED) is 0.671. The Bertz CT molecular complexity index is 962. The SMILES string of the molecule is CC(NC(=O)Nc1ccc2c(c1)OCC(=O)N2)c1cc2ccccc2o1. The molecular formula is C19H17N3O4. The molecule has 0 saturated carbocycles. The van der Waals surface area contributed by atoms with Crippen LogP contribution in [0.4, 0.5) is 16.2 Å². The Hall–Kier alpha value is -3.48. The first-order valence-corrected chi connectivity index (χ1v) is 8.21. The van der Waals surface area contributed by atoms with Gasteiger partial charge in [-0.05, 0) is 31.2 Å². The molecule has 1 aliphatic heterocycles. The fourth-order valence-corrected chi connectivity index (χ4v) is 2.80. The summed E-state index contributed by atoms with van der Waals surface area (Å²) in [5.74, 6) is 1.00. The van der Waals surface area contributed by atoms with Gasteiger partial charge in [-0.15, -0.1) is 0 Å². The standard InChI is InChI=1S/C19H17N3O4/c1-11(16-8-12-4-2-3-5-15(12)26-16)20-19(24)21-13-6-7-14-17(9-13)25-10-18(23)22-14/h2-9,11H,10H2,1H3,(H,22,23)(H2,20,21,24). The lowest BCUT2D eigenvalue weighted by Crippen LogP contribution is -2.31. The van der Waals surface area contributed by atoms with Crippen LogP contribution >= 0.6 is 0 Å². The van der Waals surface area contributed by atoms with Gasteiger partial charge in [-0.25, -0.2) is 4.79 Å². The number of fused-ring (bicyclic) bond motifs is 2. The van der Waals surface area contributed by atoms with Crippen LogP contribution in [0.25, 0.3) is 11.0 Å². The van der Waals surface area contributed by atoms with Crippen LogP contribution in [0.1, 0.15) is 18.7 Å². The molecule has 2 heterocycles. The van der Waals surface area contributed by atoms with Crippen LogP contribution in [0.3, 0.4) is 0 Å². The summed E-state index contributed by atoms with van der Waals surface area (Å²) in [4.78, 5) is 23.5. The van der Waals surface area contributed by atoms with E-state index in [1.165, 1.54) is 0 Å². The van der Waals surface area contributed by atoms with E-state index in [0.29, 0.717) is 22.9 Å². The van der Waals surface area contributed by atoms with Crippen LogP contribution in [-0.2, 0) is 4.79 Å². The second-order valence-corrected chi connectivity index (χ2v) is 6.05. The van der Waals surface area contributed by atoms with Crippen molar-refractivity contribution in [3.63, 3.8) is 0 Å². The average molecular weight is 351 g/mol. The lowest BCUT2D eigenvalue weighted by Gasteiger charge is -2.19. The first kappa shape index (κ1) is 16.0. The third kappa shape index (κ3) is 3.19. The first-order chi connectivity index (χ1) is 12.6. The number of hydrogen-bond donors (Lipinski definition) is 3. The van der Waals surface area contributed by atoms with Gasteiger partial charge in [0, 0.05) is 17.1 Å². The molecule has 3 N–H and O–H groups in total. The van der Waals surface area contributed by atoms with E-state index in [-0.39, 0.29) is 24.6 Å². The fourth-order valence-electron chi connectivity index (χ4n) is 2.80. The Kier molecular flexibility index (Phi) is 3.96. The van der Waals surface area contributed by atoms with Crippen molar-refractivity contribution >= 4 is 34.3 Å². The zero-order valence-corrected chi connectivity index (χ0v) is 14.0. The molecule has 2 aromatic carbocycles. The molecule has 1 aromatic heterocycles. The predicted octanol–water partition coefficient (Wildman–Crippen LogP) is 3.65. The Morgan fingerprint density at radius 1 is 1.19 bits per heavy atom. The highest BCUT2D eigenvalue weighted by Crippen LogP contribution is 2.30. The third-order valence-corrected chi connectivity index (χ3v) is 4.09. The number of hydrogen-bond acceptors (Lipinski definition) is 4. The molecule has 1 atom stereocenters. The van der Waals surface area contributed by atoms with Crippen LogP contribution in [0, 0.1) is 0 Å². The fraction of sp³-hybridized carbons (Fsp3) is 0.158. The maximum absolute atomic E-state index is 12.3. The van der Waals surface area contributed by atoms with Gasteiger partial charge < -0.3 is 25.1 Å². The zero-order chi connectivity index (χ0) is 18.1. The van der Waals surface area contributed by atoms with E-state index in [9.17, 15) is 9.59 Å². The monoisotopic (exact) mass is 351 g/mol. The van der Waals surface area contributed by atoms with Gasteiger partial charge in [0.15, 0.2) is 6.61 Å². The van der Waals surface area contributed by atoms with Gasteiger partial charge >= 0.3 is 6.03 Å². The van der Waals surface area contributed by atoms with E-state index in [1.807, 2.05) is 37.3 Å². The molecule has 1 unspecified atom stereocenters. The van der Waals surface area contributed by atoms with Gasteiger partial charge in [0.05, 0.1) is 11.7 Å². The maximum atomic E-state index is 12.3. The number of anilines is 2. The molecule has 0 bridgehead atoms. The van der Waals surface area contributed by atoms with Crippen LogP contribution in [0.5, 0.6) is 5.75 Å². The number of nitrogens with one attached hydrogen (secondary N) is 3. The summed E-state index contributed by atoms with van der Waals surface area (Å²) in [5.41, 5.74) is 1.93. The number of urea groups is 1. The van der Waals surface area contributed by atoms with Crippen molar-refractivity contribution < 1.29 is 18.7 Å². The summed E-state index contributed by atoms with van der Waals surface area (Å²) in [6.07, 6.45) is 0. The maximum Gasteiger partial charge on any atom is 0.319 e. The molecule has 26 heavy (non-hydrogen) atoms. The number of benzene rings is 2. The van der Waals surface area contributed by atoms with Gasteiger partial charge in [0.2, 0.25) is 0 Å². The molecule has 0 spiro atoms. The molecule has 0 fully saturated rings. The Morgan fingerprint density at radius 3 is 2.88 bits per heavy atom. The average Bonchev–Trinajstić information content (AvgIpc) is 3.06. The van der Waals surface area contributed by atoms with Gasteiger partial charge in [-0.2, -0.15) is 0 Å². The molecule has 4 rings (SSSR count). The minimum absolute atomic E-state index is 0.0360. The van der Waals surface area contributed by atoms with E-state index in [0.717, 1.165) is 11.0 Å². The number of ether oxygens (including phenoxy) is 1. The van der Waals surface area contributed by atoms with E-state index in [4.69, 9.17) is 9.15 Å². The van der Waals surface area contributed by atoms with Gasteiger partial charge in [0.25, 0.3) is 5.91 Å². The largest absolute Gasteiger partial charge is 0.482 e. The minimum atomic E-state index is -0.363. The highest BCUT2D eigenvalue weighted by molar-refractivity contribution is 5.96. The molecule has 132 valence electrons. The summed E-state index contributed by atoms with van der Waals surface area (Å²) >= 11 is 0. The molecule has 1 aliphatic rings. The molecule has 0 radical (unpaired) electrons. The van der Waals surface area contributed by atoms with Crippen molar-refractivity contribution in [1.29, 1.82) is 0 Å². The topological polar surface area (TPSA) is 92.6 Å². The third-order valence-electron chi connectivity index (χ3n) is 4.09. The number of para-hydroxylation sites is 1. The number of amides is 3. The predicted molar refractivity (Wildman–Crippen MR) is 97.4 cm³/mol. The lowest BCUT2D eigenvalue weighted by atomic mass is 10.2. The molecule has 7 heteroatoms. The van der Waals surface area contributed by atoms with E-state index >= 15 is 0 Å². The van der Waals surface area contributed by atoms with Crippen LogP contribution in [-0.4, -0.2) is 18.5 Å². The van der Waals surface area contributed by atoms with Crippen LogP contribution in [0.15, 0.2) is 52.9 Å². The van der Waals surface area contributed by atoms with Crippen LogP contribution < -0.4 is 20.7 Å². The van der Waals surface area contributed by atoms with Gasteiger partial charge in [0.1, 0.15) is 17.1 Å². The molecule has 3 amide bonds. The zero-order valence-electron chi connectivity index (χ0n) is 14.0. The summed E-state index contributed by atoms with van der Waals surface area (Å²) in [7, 11) is 0. The molecule has 0 aliphatic carbocycles. The Morgan fingerprint density at radius 2 is 2.04 bits per heavy atom. The van der Waals surface area contributed by atoms with E-state index in [1.54, 1.807) is 18.2 Å². The first-order valence-electron chi connectivity index (χ1n) is 8.21. The second-order valence-electron chi connectivity index (χ2n) is 6.05. The summed E-state index contributed by atoms with van der Waals surface area (Å²) in [6, 6.07) is 14.0. The highest BCUT2D eigenvalue weighted by atomic mass is 16.5. The van der Waals surface area contributed by atoms with Crippen LogP contribution in [0.2, 0.25) is 0 Å². The van der Waals surface area contributed by atoms with E-state index in [2.05, 4.69) is 16.0 Å². The highest BCUT2D eigenvalue weighted by Gasteiger charge is 2.18. The lowest BCUT2D eigenvalue weighted by molar-refractivity contribution is -0.118. The van der Waals surface area contributed by atoms with Gasteiger partial charge in [-0.1, -0.05) is 18.2 Å². The smallest absolute Gasteiger partial charge is 0.319 e.